The number of nitrogens with one attached hydrogen (secondary N) is 1. The molecule has 0 radical (unpaired) electrons. The molecule has 32 heavy (non-hydrogen) atoms. The number of anilines is 2. The van der Waals surface area contributed by atoms with E-state index in [1.54, 1.807) is 6.20 Å². The van der Waals surface area contributed by atoms with Crippen molar-refractivity contribution >= 4 is 48.3 Å². The van der Waals surface area contributed by atoms with Gasteiger partial charge in [-0.1, -0.05) is 32.4 Å². The lowest BCUT2D eigenvalue weighted by Crippen LogP contribution is -2.43. The molecule has 0 aliphatic carbocycles. The molecule has 0 unspecified atom stereocenters. The monoisotopic (exact) mass is 472 g/mol. The maximum Gasteiger partial charge on any atom is 0.418 e. The zero-order valence-electron chi connectivity index (χ0n) is 20.2. The van der Waals surface area contributed by atoms with E-state index in [2.05, 4.69) is 39.2 Å². The Morgan fingerprint density at radius 3 is 2.19 bits per heavy atom. The molecule has 0 amide bonds. The molecule has 0 aliphatic heterocycles. The van der Waals surface area contributed by atoms with Crippen LogP contribution in [0.25, 0.3) is 10.9 Å². The second-order valence-corrected chi connectivity index (χ2v) is 15.7. The Morgan fingerprint density at radius 1 is 0.969 bits per heavy atom. The van der Waals surface area contributed by atoms with Crippen LogP contribution in [0.2, 0.25) is 23.2 Å². The van der Waals surface area contributed by atoms with Crippen molar-refractivity contribution in [1.29, 1.82) is 0 Å². The van der Waals surface area contributed by atoms with E-state index in [-0.39, 0.29) is 5.04 Å². The van der Waals surface area contributed by atoms with Crippen molar-refractivity contribution in [2.45, 2.75) is 65.3 Å². The van der Waals surface area contributed by atoms with Gasteiger partial charge in [-0.25, -0.2) is 4.79 Å². The van der Waals surface area contributed by atoms with Crippen LogP contribution in [0, 0.1) is 0 Å². The molecule has 3 rings (SSSR count). The SMILES string of the molecule is CC(C)(C)OC(=O)n1ccc2cc(Nc3ccc(O[Si](C)(C)C(C)(C)C)c(Cl)c3)ccc21. The number of hydrogen-bond acceptors (Lipinski definition) is 4. The molecule has 1 heterocycles. The van der Waals surface area contributed by atoms with Crippen molar-refractivity contribution in [3.05, 3.63) is 53.7 Å². The zero-order valence-corrected chi connectivity index (χ0v) is 21.9. The van der Waals surface area contributed by atoms with Gasteiger partial charge in [-0.2, -0.15) is 0 Å². The van der Waals surface area contributed by atoms with Crippen molar-refractivity contribution in [3.8, 4) is 5.75 Å². The fourth-order valence-corrected chi connectivity index (χ4v) is 4.26. The van der Waals surface area contributed by atoms with E-state index in [0.29, 0.717) is 10.8 Å². The molecular weight excluding hydrogens is 440 g/mol. The fraction of sp³-hybridized carbons (Fsp3) is 0.400. The van der Waals surface area contributed by atoms with Crippen LogP contribution in [0.1, 0.15) is 41.5 Å². The minimum atomic E-state index is -1.97. The third-order valence-electron chi connectivity index (χ3n) is 5.67. The Kier molecular flexibility index (Phi) is 6.42. The highest BCUT2D eigenvalue weighted by Crippen LogP contribution is 2.40. The third kappa shape index (κ3) is 5.48. The molecule has 0 aliphatic rings. The molecule has 0 fully saturated rings. The lowest BCUT2D eigenvalue weighted by Gasteiger charge is -2.36. The maximum atomic E-state index is 12.4. The molecule has 0 bridgehead atoms. The lowest BCUT2D eigenvalue weighted by molar-refractivity contribution is 0.0544. The molecule has 0 atom stereocenters. The standard InChI is InChI=1S/C25H33ClN2O3Si/c1-24(2,3)30-23(29)28-14-13-17-15-18(9-11-21(17)28)27-19-10-12-22(20(26)16-19)31-32(7,8)25(4,5)6/h9-16,27H,1-8H3. The third-order valence-corrected chi connectivity index (χ3v) is 10.3. The first-order valence-electron chi connectivity index (χ1n) is 10.8. The summed E-state index contributed by atoms with van der Waals surface area (Å²) in [6, 6.07) is 13.5. The van der Waals surface area contributed by atoms with Gasteiger partial charge in [-0.15, -0.1) is 0 Å². The zero-order chi connectivity index (χ0) is 23.9. The molecule has 172 valence electrons. The van der Waals surface area contributed by atoms with E-state index in [9.17, 15) is 4.79 Å². The predicted molar refractivity (Wildman–Crippen MR) is 136 cm³/mol. The fourth-order valence-electron chi connectivity index (χ4n) is 2.95. The second-order valence-electron chi connectivity index (χ2n) is 10.6. The minimum Gasteiger partial charge on any atom is -0.543 e. The van der Waals surface area contributed by atoms with Gasteiger partial charge >= 0.3 is 6.09 Å². The molecule has 0 saturated heterocycles. The summed E-state index contributed by atoms with van der Waals surface area (Å²) in [5, 5.41) is 4.99. The quantitative estimate of drug-likeness (QED) is 0.388. The second kappa shape index (κ2) is 8.48. The van der Waals surface area contributed by atoms with Crippen molar-refractivity contribution in [1.82, 2.24) is 4.57 Å². The molecular formula is C25H33ClN2O3Si. The average Bonchev–Trinajstić information content (AvgIpc) is 3.05. The Morgan fingerprint density at radius 2 is 1.59 bits per heavy atom. The number of fused-ring (bicyclic) bond motifs is 1. The van der Waals surface area contributed by atoms with Crippen LogP contribution in [-0.2, 0) is 4.74 Å². The van der Waals surface area contributed by atoms with E-state index in [1.807, 2.05) is 63.2 Å². The normalized spacial score (nSPS) is 12.7. The first-order valence-corrected chi connectivity index (χ1v) is 14.0. The number of rotatable bonds is 4. The highest BCUT2D eigenvalue weighted by Gasteiger charge is 2.39. The smallest absolute Gasteiger partial charge is 0.418 e. The van der Waals surface area contributed by atoms with Crippen LogP contribution in [0.15, 0.2) is 48.7 Å². The Balaban J connectivity index is 1.78. The van der Waals surface area contributed by atoms with Crippen LogP contribution in [0.4, 0.5) is 16.2 Å². The number of nitrogens with zero attached hydrogens (tertiary/aromatic N) is 1. The van der Waals surface area contributed by atoms with Gasteiger partial charge in [0, 0.05) is 23.0 Å². The number of hydrogen-bond donors (Lipinski definition) is 1. The largest absolute Gasteiger partial charge is 0.543 e. The Hall–Kier alpha value is -2.44. The van der Waals surface area contributed by atoms with Crippen molar-refractivity contribution in [2.75, 3.05) is 5.32 Å². The first-order chi connectivity index (χ1) is 14.7. The van der Waals surface area contributed by atoms with E-state index in [1.165, 1.54) is 4.57 Å². The maximum absolute atomic E-state index is 12.4. The van der Waals surface area contributed by atoms with Crippen molar-refractivity contribution in [2.24, 2.45) is 0 Å². The van der Waals surface area contributed by atoms with Gasteiger partial charge in [-0.05, 0) is 81.4 Å². The molecule has 1 aromatic heterocycles. The summed E-state index contributed by atoms with van der Waals surface area (Å²) in [6.07, 6.45) is 1.34. The summed E-state index contributed by atoms with van der Waals surface area (Å²) in [6.45, 7) is 16.6. The molecule has 2 aromatic carbocycles. The summed E-state index contributed by atoms with van der Waals surface area (Å²) in [5.74, 6) is 0.716. The van der Waals surface area contributed by atoms with Gasteiger partial charge < -0.3 is 14.5 Å². The number of halogens is 1. The van der Waals surface area contributed by atoms with Gasteiger partial charge in [0.25, 0.3) is 8.32 Å². The van der Waals surface area contributed by atoms with Gasteiger partial charge in [0.15, 0.2) is 0 Å². The molecule has 0 spiro atoms. The van der Waals surface area contributed by atoms with Gasteiger partial charge in [0.2, 0.25) is 0 Å². The number of carbonyl (C=O) groups is 1. The van der Waals surface area contributed by atoms with Crippen molar-refractivity contribution in [3.63, 3.8) is 0 Å². The van der Waals surface area contributed by atoms with E-state index in [0.717, 1.165) is 22.3 Å². The topological polar surface area (TPSA) is 52.5 Å². The summed E-state index contributed by atoms with van der Waals surface area (Å²) in [5.41, 5.74) is 2.01. The predicted octanol–water partition coefficient (Wildman–Crippen LogP) is 8.21. The van der Waals surface area contributed by atoms with E-state index < -0.39 is 20.0 Å². The Bertz CT molecular complexity index is 1140. The van der Waals surface area contributed by atoms with E-state index in [4.69, 9.17) is 20.8 Å². The van der Waals surface area contributed by atoms with Crippen LogP contribution < -0.4 is 9.74 Å². The summed E-state index contributed by atoms with van der Waals surface area (Å²) in [7, 11) is -1.97. The van der Waals surface area contributed by atoms with Gasteiger partial charge in [0.05, 0.1) is 10.5 Å². The minimum absolute atomic E-state index is 0.0956. The van der Waals surface area contributed by atoms with Crippen molar-refractivity contribution < 1.29 is 14.0 Å². The number of aromatic nitrogens is 1. The first kappa shape index (κ1) is 24.2. The van der Waals surface area contributed by atoms with Gasteiger partial charge in [-0.3, -0.25) is 4.57 Å². The molecule has 0 saturated carbocycles. The van der Waals surface area contributed by atoms with Crippen LogP contribution in [-0.4, -0.2) is 24.6 Å². The van der Waals surface area contributed by atoms with Crippen LogP contribution in [0.5, 0.6) is 5.75 Å². The summed E-state index contributed by atoms with van der Waals surface area (Å²) in [4.78, 5) is 12.4. The molecule has 1 N–H and O–H groups in total. The molecule has 7 heteroatoms. The van der Waals surface area contributed by atoms with E-state index >= 15 is 0 Å². The van der Waals surface area contributed by atoms with Crippen LogP contribution in [0.3, 0.4) is 0 Å². The number of benzene rings is 2. The number of ether oxygens (including phenoxy) is 1. The van der Waals surface area contributed by atoms with Gasteiger partial charge in [0.1, 0.15) is 11.4 Å². The summed E-state index contributed by atoms with van der Waals surface area (Å²) < 4.78 is 13.4. The highest BCUT2D eigenvalue weighted by molar-refractivity contribution is 6.74. The average molecular weight is 473 g/mol. The number of carbonyl (C=O) groups excluding carboxylic acids is 1. The summed E-state index contributed by atoms with van der Waals surface area (Å²) >= 11 is 6.54. The Labute approximate surface area is 196 Å². The highest BCUT2D eigenvalue weighted by atomic mass is 35.5. The molecule has 5 nitrogen and oxygen atoms in total. The van der Waals surface area contributed by atoms with Crippen LogP contribution >= 0.6 is 11.6 Å². The lowest BCUT2D eigenvalue weighted by atomic mass is 10.2. The molecule has 3 aromatic rings.